The summed E-state index contributed by atoms with van der Waals surface area (Å²) in [4.78, 5) is 10.7. The third-order valence-electron chi connectivity index (χ3n) is 2.21. The number of rotatable bonds is 8. The smallest absolute Gasteiger partial charge is 0.371 e. The summed E-state index contributed by atoms with van der Waals surface area (Å²) in [5.74, 6) is -0.536. The van der Waals surface area contributed by atoms with Gasteiger partial charge in [-0.25, -0.2) is 4.79 Å². The van der Waals surface area contributed by atoms with Crippen molar-refractivity contribution in [1.29, 1.82) is 0 Å². The molecular formula is C12H18O5. The molecule has 0 unspecified atom stereocenters. The first-order valence-electron chi connectivity index (χ1n) is 5.63. The van der Waals surface area contributed by atoms with Crippen molar-refractivity contribution in [2.75, 3.05) is 19.8 Å². The van der Waals surface area contributed by atoms with Crippen LogP contribution in [0, 0.1) is 6.92 Å². The summed E-state index contributed by atoms with van der Waals surface area (Å²) in [6.07, 6.45) is 0.989. The summed E-state index contributed by atoms with van der Waals surface area (Å²) in [6.45, 7) is 5.89. The molecule has 1 rings (SSSR count). The molecular weight excluding hydrogens is 224 g/mol. The molecule has 17 heavy (non-hydrogen) atoms. The average molecular weight is 242 g/mol. The predicted molar refractivity (Wildman–Crippen MR) is 61.2 cm³/mol. The monoisotopic (exact) mass is 242 g/mol. The molecule has 0 atom stereocenters. The molecule has 0 bridgehead atoms. The van der Waals surface area contributed by atoms with Gasteiger partial charge in [-0.3, -0.25) is 0 Å². The van der Waals surface area contributed by atoms with Crippen LogP contribution in [0.1, 0.15) is 35.2 Å². The largest absolute Gasteiger partial charge is 0.475 e. The van der Waals surface area contributed by atoms with E-state index in [1.807, 2.05) is 6.92 Å². The number of ether oxygens (including phenoxy) is 2. The molecule has 5 nitrogen and oxygen atoms in total. The van der Waals surface area contributed by atoms with Crippen molar-refractivity contribution in [3.8, 4) is 0 Å². The van der Waals surface area contributed by atoms with E-state index >= 15 is 0 Å². The lowest BCUT2D eigenvalue weighted by molar-refractivity contribution is 0.0405. The molecule has 0 saturated carbocycles. The summed E-state index contributed by atoms with van der Waals surface area (Å²) in [6, 6.07) is 1.49. The van der Waals surface area contributed by atoms with Crippen LogP contribution >= 0.6 is 0 Å². The van der Waals surface area contributed by atoms with Gasteiger partial charge in [0, 0.05) is 12.2 Å². The highest BCUT2D eigenvalue weighted by molar-refractivity contribution is 5.84. The first-order valence-corrected chi connectivity index (χ1v) is 5.63. The molecule has 0 saturated heterocycles. The van der Waals surface area contributed by atoms with E-state index in [1.54, 1.807) is 6.92 Å². The topological polar surface area (TPSA) is 68.9 Å². The lowest BCUT2D eigenvalue weighted by Gasteiger charge is -2.03. The summed E-state index contributed by atoms with van der Waals surface area (Å²) >= 11 is 0. The van der Waals surface area contributed by atoms with E-state index in [0.29, 0.717) is 25.6 Å². The van der Waals surface area contributed by atoms with Crippen LogP contribution in [-0.4, -0.2) is 30.9 Å². The van der Waals surface area contributed by atoms with Gasteiger partial charge in [0.15, 0.2) is 0 Å². The van der Waals surface area contributed by atoms with Crippen LogP contribution in [0.3, 0.4) is 0 Å². The third-order valence-corrected chi connectivity index (χ3v) is 2.21. The van der Waals surface area contributed by atoms with E-state index in [1.165, 1.54) is 6.07 Å². The first kappa shape index (κ1) is 13.7. The molecule has 1 heterocycles. The maximum absolute atomic E-state index is 10.7. The third kappa shape index (κ3) is 4.58. The van der Waals surface area contributed by atoms with Crippen molar-refractivity contribution >= 4 is 5.97 Å². The number of hydrogen-bond acceptors (Lipinski definition) is 4. The zero-order valence-electron chi connectivity index (χ0n) is 10.2. The Hall–Kier alpha value is -1.33. The highest BCUT2D eigenvalue weighted by atomic mass is 16.5. The van der Waals surface area contributed by atoms with Crippen LogP contribution in [0.5, 0.6) is 0 Å². The Morgan fingerprint density at radius 3 is 2.65 bits per heavy atom. The van der Waals surface area contributed by atoms with Crippen LogP contribution in [0.15, 0.2) is 10.5 Å². The molecule has 0 radical (unpaired) electrons. The maximum Gasteiger partial charge on any atom is 0.371 e. The van der Waals surface area contributed by atoms with E-state index in [-0.39, 0.29) is 5.76 Å². The van der Waals surface area contributed by atoms with Crippen molar-refractivity contribution in [1.82, 2.24) is 0 Å². The summed E-state index contributed by atoms with van der Waals surface area (Å²) in [5, 5.41) is 8.74. The number of carboxylic acid groups (broad SMARTS) is 1. The number of hydrogen-bond donors (Lipinski definition) is 1. The van der Waals surface area contributed by atoms with Gasteiger partial charge in [-0.1, -0.05) is 6.92 Å². The quantitative estimate of drug-likeness (QED) is 0.708. The molecule has 0 aliphatic heterocycles. The molecule has 5 heteroatoms. The lowest BCUT2D eigenvalue weighted by atomic mass is 10.2. The van der Waals surface area contributed by atoms with Gasteiger partial charge in [-0.2, -0.15) is 0 Å². The number of aromatic carboxylic acids is 1. The Labute approximate surface area is 100 Å². The van der Waals surface area contributed by atoms with Gasteiger partial charge in [-0.05, 0) is 19.4 Å². The van der Waals surface area contributed by atoms with E-state index in [4.69, 9.17) is 19.0 Å². The second-order valence-electron chi connectivity index (χ2n) is 3.66. The average Bonchev–Trinajstić information content (AvgIpc) is 2.65. The zero-order chi connectivity index (χ0) is 12.7. The molecule has 1 aromatic heterocycles. The zero-order valence-corrected chi connectivity index (χ0v) is 10.2. The Balaban J connectivity index is 2.29. The molecule has 0 amide bonds. The molecule has 0 spiro atoms. The predicted octanol–water partition coefficient (Wildman–Crippen LogP) is 2.23. The Kier molecular flexibility index (Phi) is 5.72. The molecule has 1 aromatic rings. The van der Waals surface area contributed by atoms with Crippen molar-refractivity contribution in [3.63, 3.8) is 0 Å². The van der Waals surface area contributed by atoms with Crippen LogP contribution in [0.25, 0.3) is 0 Å². The second kappa shape index (κ2) is 7.09. The fourth-order valence-electron chi connectivity index (χ4n) is 1.31. The van der Waals surface area contributed by atoms with Crippen LogP contribution in [0.2, 0.25) is 0 Å². The second-order valence-corrected chi connectivity index (χ2v) is 3.66. The van der Waals surface area contributed by atoms with Gasteiger partial charge in [0.1, 0.15) is 5.76 Å². The van der Waals surface area contributed by atoms with Crippen molar-refractivity contribution in [3.05, 3.63) is 23.2 Å². The van der Waals surface area contributed by atoms with E-state index in [2.05, 4.69) is 0 Å². The molecule has 1 N–H and O–H groups in total. The van der Waals surface area contributed by atoms with Crippen molar-refractivity contribution in [2.45, 2.75) is 26.9 Å². The van der Waals surface area contributed by atoms with E-state index in [9.17, 15) is 4.79 Å². The van der Waals surface area contributed by atoms with Crippen molar-refractivity contribution < 1.29 is 23.8 Å². The summed E-state index contributed by atoms with van der Waals surface area (Å²) < 4.78 is 15.7. The number of carbonyl (C=O) groups is 1. The van der Waals surface area contributed by atoms with Gasteiger partial charge in [-0.15, -0.1) is 0 Å². The van der Waals surface area contributed by atoms with Crippen LogP contribution < -0.4 is 0 Å². The standard InChI is InChI=1S/C12H18O5/c1-3-4-15-5-6-16-8-10-7-11(12(13)14)17-9(10)2/h7H,3-6,8H2,1-2H3,(H,13,14). The summed E-state index contributed by atoms with van der Waals surface area (Å²) in [5.41, 5.74) is 0.762. The fraction of sp³-hybridized carbons (Fsp3) is 0.583. The molecule has 96 valence electrons. The lowest BCUT2D eigenvalue weighted by Crippen LogP contribution is -2.04. The molecule has 0 aliphatic rings. The Morgan fingerprint density at radius 2 is 2.06 bits per heavy atom. The SMILES string of the molecule is CCCOCCOCc1cc(C(=O)O)oc1C. The minimum Gasteiger partial charge on any atom is -0.475 e. The van der Waals surface area contributed by atoms with E-state index < -0.39 is 5.97 Å². The minimum absolute atomic E-state index is 0.0525. The highest BCUT2D eigenvalue weighted by Crippen LogP contribution is 2.15. The van der Waals surface area contributed by atoms with Gasteiger partial charge in [0.25, 0.3) is 0 Å². The number of aryl methyl sites for hydroxylation is 1. The number of carboxylic acids is 1. The van der Waals surface area contributed by atoms with Gasteiger partial charge < -0.3 is 19.0 Å². The maximum atomic E-state index is 10.7. The van der Waals surface area contributed by atoms with Gasteiger partial charge in [0.2, 0.25) is 5.76 Å². The fourth-order valence-corrected chi connectivity index (χ4v) is 1.31. The van der Waals surface area contributed by atoms with Crippen LogP contribution in [-0.2, 0) is 16.1 Å². The molecule has 0 aliphatic carbocycles. The summed E-state index contributed by atoms with van der Waals surface area (Å²) in [7, 11) is 0. The number of furan rings is 1. The Bertz CT molecular complexity index is 356. The normalized spacial score (nSPS) is 10.7. The Morgan fingerprint density at radius 1 is 1.35 bits per heavy atom. The first-order chi connectivity index (χ1) is 8.15. The molecule has 0 fully saturated rings. The van der Waals surface area contributed by atoms with Crippen molar-refractivity contribution in [2.24, 2.45) is 0 Å². The highest BCUT2D eigenvalue weighted by Gasteiger charge is 2.12. The van der Waals surface area contributed by atoms with Crippen LogP contribution in [0.4, 0.5) is 0 Å². The van der Waals surface area contributed by atoms with Gasteiger partial charge in [0.05, 0.1) is 19.8 Å². The van der Waals surface area contributed by atoms with Gasteiger partial charge >= 0.3 is 5.97 Å². The van der Waals surface area contributed by atoms with E-state index in [0.717, 1.165) is 18.6 Å². The minimum atomic E-state index is -1.06. The molecule has 0 aromatic carbocycles.